The standard InChI is InChI=1S/C7H6ClN3OS/c1-3-5(4(2)12)13-7-9-6(8)10-11(3)7/h1-2H3. The van der Waals surface area contributed by atoms with E-state index in [2.05, 4.69) is 10.1 Å². The summed E-state index contributed by atoms with van der Waals surface area (Å²) in [7, 11) is 0. The predicted octanol–water partition coefficient (Wildman–Crippen LogP) is 1.96. The Bertz CT molecular complexity index is 487. The third-order valence-electron chi connectivity index (χ3n) is 1.71. The molecule has 2 aromatic rings. The van der Waals surface area contributed by atoms with Crippen LogP contribution in [0.2, 0.25) is 5.28 Å². The van der Waals surface area contributed by atoms with Crippen molar-refractivity contribution in [2.75, 3.05) is 0 Å². The fourth-order valence-corrected chi connectivity index (χ4v) is 2.31. The Labute approximate surface area is 83.2 Å². The summed E-state index contributed by atoms with van der Waals surface area (Å²) in [6, 6.07) is 0. The van der Waals surface area contributed by atoms with E-state index >= 15 is 0 Å². The normalized spacial score (nSPS) is 11.0. The molecule has 0 saturated heterocycles. The fraction of sp³-hybridized carbons (Fsp3) is 0.286. The molecule has 0 unspecified atom stereocenters. The van der Waals surface area contributed by atoms with Crippen LogP contribution >= 0.6 is 22.9 Å². The van der Waals surface area contributed by atoms with Crippen molar-refractivity contribution in [3.05, 3.63) is 15.9 Å². The zero-order chi connectivity index (χ0) is 9.59. The number of nitrogens with zero attached hydrogens (tertiary/aromatic N) is 3. The second-order valence-corrected chi connectivity index (χ2v) is 3.96. The van der Waals surface area contributed by atoms with Gasteiger partial charge in [0.05, 0.1) is 10.6 Å². The highest BCUT2D eigenvalue weighted by Crippen LogP contribution is 2.22. The van der Waals surface area contributed by atoms with Gasteiger partial charge >= 0.3 is 0 Å². The number of carbonyl (C=O) groups is 1. The van der Waals surface area contributed by atoms with Crippen LogP contribution in [-0.4, -0.2) is 20.4 Å². The maximum atomic E-state index is 11.1. The molecular formula is C7H6ClN3OS. The molecule has 0 spiro atoms. The molecule has 0 aliphatic rings. The van der Waals surface area contributed by atoms with Gasteiger partial charge in [0.2, 0.25) is 10.2 Å². The van der Waals surface area contributed by atoms with Crippen LogP contribution in [0.3, 0.4) is 0 Å². The molecule has 0 aliphatic heterocycles. The zero-order valence-corrected chi connectivity index (χ0v) is 8.61. The van der Waals surface area contributed by atoms with E-state index in [0.717, 1.165) is 5.69 Å². The fourth-order valence-electron chi connectivity index (χ4n) is 1.15. The van der Waals surface area contributed by atoms with Gasteiger partial charge in [0.25, 0.3) is 0 Å². The van der Waals surface area contributed by atoms with Crippen molar-refractivity contribution in [3.63, 3.8) is 0 Å². The minimum atomic E-state index is 0.0333. The summed E-state index contributed by atoms with van der Waals surface area (Å²) < 4.78 is 1.59. The van der Waals surface area contributed by atoms with Crippen molar-refractivity contribution in [3.8, 4) is 0 Å². The molecule has 2 rings (SSSR count). The molecule has 0 aromatic carbocycles. The minimum Gasteiger partial charge on any atom is -0.294 e. The lowest BCUT2D eigenvalue weighted by Gasteiger charge is -1.89. The van der Waals surface area contributed by atoms with Crippen molar-refractivity contribution in [1.29, 1.82) is 0 Å². The molecular weight excluding hydrogens is 210 g/mol. The maximum absolute atomic E-state index is 11.1. The average molecular weight is 216 g/mol. The van der Waals surface area contributed by atoms with E-state index in [0.29, 0.717) is 9.84 Å². The third-order valence-corrected chi connectivity index (χ3v) is 3.10. The Hall–Kier alpha value is -0.940. The molecule has 0 radical (unpaired) electrons. The van der Waals surface area contributed by atoms with Crippen LogP contribution in [0.4, 0.5) is 0 Å². The number of hydrogen-bond donors (Lipinski definition) is 0. The summed E-state index contributed by atoms with van der Waals surface area (Å²) in [6.07, 6.45) is 0. The van der Waals surface area contributed by atoms with Crippen LogP contribution in [0.25, 0.3) is 4.96 Å². The first-order chi connectivity index (χ1) is 6.09. The number of rotatable bonds is 1. The van der Waals surface area contributed by atoms with Crippen LogP contribution in [0, 0.1) is 6.92 Å². The Kier molecular flexibility index (Phi) is 1.85. The number of aryl methyl sites for hydroxylation is 1. The van der Waals surface area contributed by atoms with Gasteiger partial charge in [-0.15, -0.1) is 5.10 Å². The van der Waals surface area contributed by atoms with Crippen LogP contribution in [0.5, 0.6) is 0 Å². The molecule has 13 heavy (non-hydrogen) atoms. The van der Waals surface area contributed by atoms with E-state index in [9.17, 15) is 4.79 Å². The first kappa shape index (κ1) is 8.65. The van der Waals surface area contributed by atoms with Crippen LogP contribution in [-0.2, 0) is 0 Å². The number of carbonyl (C=O) groups excluding carboxylic acids is 1. The third kappa shape index (κ3) is 1.24. The second-order valence-electron chi connectivity index (χ2n) is 2.65. The van der Waals surface area contributed by atoms with Crippen molar-refractivity contribution < 1.29 is 4.79 Å². The SMILES string of the molecule is CC(=O)c1sc2nc(Cl)nn2c1C. The summed E-state index contributed by atoms with van der Waals surface area (Å²) in [5.74, 6) is 0.0333. The molecule has 0 bridgehead atoms. The van der Waals surface area contributed by atoms with Crippen LogP contribution in [0.1, 0.15) is 22.3 Å². The molecule has 2 heterocycles. The number of halogens is 1. The van der Waals surface area contributed by atoms with Gasteiger partial charge in [-0.3, -0.25) is 4.79 Å². The van der Waals surface area contributed by atoms with E-state index in [1.54, 1.807) is 4.52 Å². The molecule has 68 valence electrons. The monoisotopic (exact) mass is 215 g/mol. The average Bonchev–Trinajstić information content (AvgIpc) is 2.51. The lowest BCUT2D eigenvalue weighted by Crippen LogP contribution is -1.94. The maximum Gasteiger partial charge on any atom is 0.244 e. The summed E-state index contributed by atoms with van der Waals surface area (Å²) in [4.78, 5) is 16.4. The zero-order valence-electron chi connectivity index (χ0n) is 7.04. The smallest absolute Gasteiger partial charge is 0.244 e. The highest BCUT2D eigenvalue weighted by Gasteiger charge is 2.14. The highest BCUT2D eigenvalue weighted by molar-refractivity contribution is 7.19. The number of fused-ring (bicyclic) bond motifs is 1. The number of Topliss-reactive ketones (excluding diaryl/α,β-unsaturated/α-hetero) is 1. The minimum absolute atomic E-state index is 0.0333. The van der Waals surface area contributed by atoms with Crippen molar-refractivity contribution in [2.45, 2.75) is 13.8 Å². The first-order valence-electron chi connectivity index (χ1n) is 3.62. The Morgan fingerprint density at radius 1 is 1.62 bits per heavy atom. The van der Waals surface area contributed by atoms with E-state index in [1.165, 1.54) is 18.3 Å². The van der Waals surface area contributed by atoms with Gasteiger partial charge in [-0.1, -0.05) is 11.3 Å². The Balaban J connectivity index is 2.76. The van der Waals surface area contributed by atoms with Crippen LogP contribution < -0.4 is 0 Å². The highest BCUT2D eigenvalue weighted by atomic mass is 35.5. The molecule has 0 saturated carbocycles. The number of thiazole rings is 1. The Morgan fingerprint density at radius 2 is 2.31 bits per heavy atom. The summed E-state index contributed by atoms with van der Waals surface area (Å²) in [5.41, 5.74) is 0.798. The van der Waals surface area contributed by atoms with E-state index in [1.807, 2.05) is 6.92 Å². The quantitative estimate of drug-likeness (QED) is 0.684. The number of aromatic nitrogens is 3. The van der Waals surface area contributed by atoms with E-state index < -0.39 is 0 Å². The van der Waals surface area contributed by atoms with Crippen molar-refractivity contribution in [2.24, 2.45) is 0 Å². The lowest BCUT2D eigenvalue weighted by molar-refractivity contribution is 0.102. The molecule has 2 aromatic heterocycles. The summed E-state index contributed by atoms with van der Waals surface area (Å²) in [5, 5.41) is 4.16. The predicted molar refractivity (Wildman–Crippen MR) is 50.6 cm³/mol. The van der Waals surface area contributed by atoms with Crippen molar-refractivity contribution >= 4 is 33.7 Å². The molecule has 6 heteroatoms. The van der Waals surface area contributed by atoms with Gasteiger partial charge in [0, 0.05) is 6.92 Å². The second kappa shape index (κ2) is 2.78. The van der Waals surface area contributed by atoms with Gasteiger partial charge in [-0.05, 0) is 18.5 Å². The summed E-state index contributed by atoms with van der Waals surface area (Å²) >= 11 is 6.92. The lowest BCUT2D eigenvalue weighted by atomic mass is 10.3. The van der Waals surface area contributed by atoms with E-state index in [4.69, 9.17) is 11.6 Å². The molecule has 0 N–H and O–H groups in total. The van der Waals surface area contributed by atoms with Gasteiger partial charge in [0.1, 0.15) is 0 Å². The Morgan fingerprint density at radius 3 is 2.85 bits per heavy atom. The van der Waals surface area contributed by atoms with Gasteiger partial charge in [-0.2, -0.15) is 4.98 Å². The first-order valence-corrected chi connectivity index (χ1v) is 4.81. The molecule has 0 amide bonds. The van der Waals surface area contributed by atoms with Gasteiger partial charge in [-0.25, -0.2) is 4.52 Å². The van der Waals surface area contributed by atoms with Gasteiger partial charge < -0.3 is 0 Å². The van der Waals surface area contributed by atoms with Crippen molar-refractivity contribution in [1.82, 2.24) is 14.6 Å². The topological polar surface area (TPSA) is 47.3 Å². The number of hydrogen-bond acceptors (Lipinski definition) is 4. The molecule has 0 aliphatic carbocycles. The molecule has 4 nitrogen and oxygen atoms in total. The van der Waals surface area contributed by atoms with Crippen LogP contribution in [0.15, 0.2) is 0 Å². The molecule has 0 fully saturated rings. The van der Waals surface area contributed by atoms with E-state index in [-0.39, 0.29) is 11.1 Å². The molecule has 0 atom stereocenters. The number of ketones is 1. The van der Waals surface area contributed by atoms with Gasteiger partial charge in [0.15, 0.2) is 5.78 Å². The summed E-state index contributed by atoms with van der Waals surface area (Å²) in [6.45, 7) is 3.35. The largest absolute Gasteiger partial charge is 0.294 e.